The first-order valence-corrected chi connectivity index (χ1v) is 13.4. The lowest BCUT2D eigenvalue weighted by atomic mass is 9.74. The van der Waals surface area contributed by atoms with Crippen molar-refractivity contribution in [1.82, 2.24) is 5.01 Å². The summed E-state index contributed by atoms with van der Waals surface area (Å²) in [5, 5.41) is 7.60. The van der Waals surface area contributed by atoms with E-state index in [1.54, 1.807) is 24.3 Å². The number of hydrazone groups is 1. The predicted molar refractivity (Wildman–Crippen MR) is 147 cm³/mol. The number of halogens is 8. The Balaban J connectivity index is 1.81. The van der Waals surface area contributed by atoms with Crippen molar-refractivity contribution in [2.75, 3.05) is 25.0 Å². The molecule has 1 heterocycles. The van der Waals surface area contributed by atoms with Gasteiger partial charge in [-0.05, 0) is 61.0 Å². The third kappa shape index (κ3) is 6.57. The zero-order chi connectivity index (χ0) is 30.9. The smallest absolute Gasteiger partial charge is 0.417 e. The van der Waals surface area contributed by atoms with Crippen molar-refractivity contribution >= 4 is 50.8 Å². The highest BCUT2D eigenvalue weighted by molar-refractivity contribution is 9.10. The minimum absolute atomic E-state index is 0.0169. The Labute approximate surface area is 249 Å². The molecule has 0 aromatic heterocycles. The summed E-state index contributed by atoms with van der Waals surface area (Å²) in [6, 6.07) is 13.1. The molecule has 6 nitrogen and oxygen atoms in total. The van der Waals surface area contributed by atoms with E-state index in [1.165, 1.54) is 11.9 Å². The Morgan fingerprint density at radius 1 is 1.00 bits per heavy atom. The lowest BCUT2D eigenvalue weighted by Gasteiger charge is -2.30. The number of nitrogens with one attached hydrogen (secondary N) is 1. The molecule has 42 heavy (non-hydrogen) atoms. The maximum atomic E-state index is 13.6. The normalized spacial score (nSPS) is 17.2. The van der Waals surface area contributed by atoms with E-state index in [9.17, 15) is 35.9 Å². The zero-order valence-electron chi connectivity index (χ0n) is 21.6. The number of nitrogens with zero attached hydrogens (tertiary/aromatic N) is 2. The summed E-state index contributed by atoms with van der Waals surface area (Å²) in [5.74, 6) is -1.46. The van der Waals surface area contributed by atoms with Crippen LogP contribution in [0.5, 0.6) is 0 Å². The molecule has 0 fully saturated rings. The van der Waals surface area contributed by atoms with E-state index in [2.05, 4.69) is 26.3 Å². The molecule has 1 N–H and O–H groups in total. The molecule has 14 heteroatoms. The highest BCUT2D eigenvalue weighted by atomic mass is 79.9. The van der Waals surface area contributed by atoms with Gasteiger partial charge in [0.15, 0.2) is 5.41 Å². The minimum atomic E-state index is -4.77. The number of ether oxygens (including phenoxy) is 1. The van der Waals surface area contributed by atoms with E-state index in [1.807, 2.05) is 0 Å². The number of carbonyl (C=O) groups is 2. The Bertz CT molecular complexity index is 1510. The van der Waals surface area contributed by atoms with Crippen LogP contribution in [0.2, 0.25) is 5.02 Å². The molecule has 1 aliphatic rings. The lowest BCUT2D eigenvalue weighted by Crippen LogP contribution is -2.48. The monoisotopic (exact) mass is 675 g/mol. The number of carbonyl (C=O) groups excluding carboxylic acids is 2. The first-order chi connectivity index (χ1) is 19.6. The number of amides is 1. The first-order valence-electron chi connectivity index (χ1n) is 12.3. The molecule has 1 amide bonds. The number of alkyl halides is 6. The van der Waals surface area contributed by atoms with E-state index in [0.717, 1.165) is 40.9 Å². The molecule has 1 aliphatic heterocycles. The van der Waals surface area contributed by atoms with Gasteiger partial charge in [0.25, 0.3) is 0 Å². The van der Waals surface area contributed by atoms with Crippen LogP contribution in [0.15, 0.2) is 76.3 Å². The van der Waals surface area contributed by atoms with Gasteiger partial charge >= 0.3 is 18.3 Å². The number of hydrogen-bond acceptors (Lipinski definition) is 5. The van der Waals surface area contributed by atoms with Gasteiger partial charge in [0.05, 0.1) is 35.0 Å². The maximum absolute atomic E-state index is 13.6. The average Bonchev–Trinajstić information content (AvgIpc) is 3.29. The van der Waals surface area contributed by atoms with E-state index in [0.29, 0.717) is 11.8 Å². The first kappa shape index (κ1) is 31.4. The van der Waals surface area contributed by atoms with Crippen LogP contribution in [0.3, 0.4) is 0 Å². The standard InChI is InChI=1S/C28H21BrClF6N3O3/c1-2-42-25(41)26(17-4-6-18(7-5-17)27(31,32)33)15-39(14-23(40)37-20-10-8-19(29)9-11-20)38-24(26)16-3-12-21(22(30)13-16)28(34,35)36/h3-13H,2,14-15H2,1H3,(H,37,40). The summed E-state index contributed by atoms with van der Waals surface area (Å²) in [6.07, 6.45) is -9.43. The van der Waals surface area contributed by atoms with Crippen molar-refractivity contribution in [1.29, 1.82) is 0 Å². The van der Waals surface area contributed by atoms with Gasteiger partial charge in [0.1, 0.15) is 6.54 Å². The van der Waals surface area contributed by atoms with Crippen LogP contribution in [0, 0.1) is 0 Å². The lowest BCUT2D eigenvalue weighted by molar-refractivity contribution is -0.147. The van der Waals surface area contributed by atoms with Crippen LogP contribution in [-0.4, -0.2) is 42.3 Å². The summed E-state index contributed by atoms with van der Waals surface area (Å²) < 4.78 is 86.3. The third-order valence-electron chi connectivity index (χ3n) is 6.40. The van der Waals surface area contributed by atoms with Gasteiger partial charge in [-0.2, -0.15) is 31.4 Å². The molecule has 3 aromatic carbocycles. The van der Waals surface area contributed by atoms with Gasteiger partial charge in [-0.25, -0.2) is 0 Å². The number of benzene rings is 3. The van der Waals surface area contributed by atoms with Gasteiger partial charge in [0.2, 0.25) is 5.91 Å². The average molecular weight is 677 g/mol. The number of hydrogen-bond donors (Lipinski definition) is 1. The van der Waals surface area contributed by atoms with Crippen molar-refractivity contribution in [3.05, 3.63) is 98.5 Å². The highest BCUT2D eigenvalue weighted by Crippen LogP contribution is 2.41. The van der Waals surface area contributed by atoms with E-state index in [4.69, 9.17) is 16.3 Å². The fourth-order valence-electron chi connectivity index (χ4n) is 4.50. The predicted octanol–water partition coefficient (Wildman–Crippen LogP) is 7.30. The fourth-order valence-corrected chi connectivity index (χ4v) is 5.06. The Morgan fingerprint density at radius 2 is 1.64 bits per heavy atom. The van der Waals surface area contributed by atoms with Gasteiger partial charge < -0.3 is 10.1 Å². The number of anilines is 1. The Morgan fingerprint density at radius 3 is 2.19 bits per heavy atom. The van der Waals surface area contributed by atoms with Gasteiger partial charge in [-0.3, -0.25) is 14.6 Å². The Kier molecular flexibility index (Phi) is 8.93. The summed E-state index contributed by atoms with van der Waals surface area (Å²) in [4.78, 5) is 26.5. The molecule has 0 aliphatic carbocycles. The van der Waals surface area contributed by atoms with E-state index in [-0.39, 0.29) is 30.0 Å². The van der Waals surface area contributed by atoms with Crippen LogP contribution < -0.4 is 5.32 Å². The molecule has 0 spiro atoms. The number of esters is 1. The highest BCUT2D eigenvalue weighted by Gasteiger charge is 2.53. The molecule has 1 unspecified atom stereocenters. The van der Waals surface area contributed by atoms with Crippen molar-refractivity contribution < 1.29 is 40.7 Å². The second kappa shape index (κ2) is 12.0. The molecule has 4 rings (SSSR count). The van der Waals surface area contributed by atoms with Crippen molar-refractivity contribution in [2.45, 2.75) is 24.7 Å². The Hall–Kier alpha value is -3.58. The van der Waals surface area contributed by atoms with Crippen LogP contribution in [0.25, 0.3) is 0 Å². The molecule has 222 valence electrons. The van der Waals surface area contributed by atoms with E-state index < -0.39 is 52.3 Å². The minimum Gasteiger partial charge on any atom is -0.465 e. The van der Waals surface area contributed by atoms with Crippen molar-refractivity contribution in [2.24, 2.45) is 5.10 Å². The van der Waals surface area contributed by atoms with Gasteiger partial charge in [0, 0.05) is 15.7 Å². The van der Waals surface area contributed by atoms with Gasteiger partial charge in [-0.15, -0.1) is 0 Å². The summed E-state index contributed by atoms with van der Waals surface area (Å²) in [6.45, 7) is 0.628. The van der Waals surface area contributed by atoms with Gasteiger partial charge in [-0.1, -0.05) is 45.7 Å². The number of rotatable bonds is 7. The second-order valence-corrected chi connectivity index (χ2v) is 10.5. The SMILES string of the molecule is CCOC(=O)C1(c2ccc(C(F)(F)F)cc2)CN(CC(=O)Nc2ccc(Br)cc2)N=C1c1ccc(C(F)(F)F)c(Cl)c1. The quantitative estimate of drug-likeness (QED) is 0.211. The molecule has 0 radical (unpaired) electrons. The zero-order valence-corrected chi connectivity index (χ0v) is 24.0. The maximum Gasteiger partial charge on any atom is 0.417 e. The van der Waals surface area contributed by atoms with Crippen LogP contribution in [-0.2, 0) is 32.1 Å². The molecule has 3 aromatic rings. The second-order valence-electron chi connectivity index (χ2n) is 9.22. The molecular formula is C28H21BrClF6N3O3. The van der Waals surface area contributed by atoms with Crippen molar-refractivity contribution in [3.63, 3.8) is 0 Å². The third-order valence-corrected chi connectivity index (χ3v) is 7.24. The molecule has 1 atom stereocenters. The van der Waals surface area contributed by atoms with E-state index >= 15 is 0 Å². The summed E-state index contributed by atoms with van der Waals surface area (Å²) in [7, 11) is 0. The molecular weight excluding hydrogens is 656 g/mol. The van der Waals surface area contributed by atoms with Crippen LogP contribution >= 0.6 is 27.5 Å². The fraction of sp³-hybridized carbons (Fsp3) is 0.250. The largest absolute Gasteiger partial charge is 0.465 e. The molecule has 0 bridgehead atoms. The van der Waals surface area contributed by atoms with Crippen LogP contribution in [0.1, 0.15) is 29.2 Å². The topological polar surface area (TPSA) is 71.0 Å². The molecule has 0 saturated heterocycles. The summed E-state index contributed by atoms with van der Waals surface area (Å²) in [5.41, 5.74) is -3.70. The summed E-state index contributed by atoms with van der Waals surface area (Å²) >= 11 is 9.26. The molecule has 0 saturated carbocycles. The van der Waals surface area contributed by atoms with Crippen molar-refractivity contribution in [3.8, 4) is 0 Å². The van der Waals surface area contributed by atoms with Crippen LogP contribution in [0.4, 0.5) is 32.0 Å².